The van der Waals surface area contributed by atoms with Crippen molar-refractivity contribution in [2.45, 2.75) is 6.92 Å². The van der Waals surface area contributed by atoms with Crippen LogP contribution < -0.4 is 0 Å². The van der Waals surface area contributed by atoms with E-state index in [9.17, 15) is 15.0 Å². The Hall–Kier alpha value is -2.88. The van der Waals surface area contributed by atoms with Crippen LogP contribution >= 0.6 is 0 Å². The van der Waals surface area contributed by atoms with Crippen LogP contribution in [-0.2, 0) is 4.79 Å². The molecule has 0 spiro atoms. The van der Waals surface area contributed by atoms with Crippen molar-refractivity contribution in [2.24, 2.45) is 4.99 Å². The number of carbonyl (C=O) groups is 1. The Morgan fingerprint density at radius 2 is 1.43 bits per heavy atom. The molecule has 0 atom stereocenters. The van der Waals surface area contributed by atoms with Crippen molar-refractivity contribution in [3.8, 4) is 0 Å². The summed E-state index contributed by atoms with van der Waals surface area (Å²) >= 11 is 0. The lowest BCUT2D eigenvalue weighted by Gasteiger charge is -2.09. The number of benzene rings is 2. The monoisotopic (exact) mass is 281 g/mol. The smallest absolute Gasteiger partial charge is 0.341 e. The fourth-order valence-electron chi connectivity index (χ4n) is 1.92. The number of para-hydroxylation sites is 1. The summed E-state index contributed by atoms with van der Waals surface area (Å²) < 4.78 is 0. The number of carboxylic acid groups (broad SMARTS) is 1. The normalized spacial score (nSPS) is 12.7. The quantitative estimate of drug-likeness (QED) is 0.509. The van der Waals surface area contributed by atoms with Crippen LogP contribution in [0.5, 0.6) is 0 Å². The fourth-order valence-corrected chi connectivity index (χ4v) is 1.92. The zero-order valence-electron chi connectivity index (χ0n) is 11.5. The third kappa shape index (κ3) is 3.57. The average Bonchev–Trinajstić information content (AvgIpc) is 2.48. The zero-order chi connectivity index (χ0) is 15.2. The van der Waals surface area contributed by atoms with Gasteiger partial charge in [0.25, 0.3) is 0 Å². The summed E-state index contributed by atoms with van der Waals surface area (Å²) in [6.07, 6.45) is 0. The molecule has 0 unspecified atom stereocenters. The van der Waals surface area contributed by atoms with Crippen molar-refractivity contribution < 1.29 is 15.0 Å². The van der Waals surface area contributed by atoms with E-state index in [-0.39, 0.29) is 17.0 Å². The summed E-state index contributed by atoms with van der Waals surface area (Å²) in [6, 6.07) is 18.0. The molecule has 2 N–H and O–H groups in total. The Balaban J connectivity index is 2.64. The summed E-state index contributed by atoms with van der Waals surface area (Å²) in [5, 5.41) is 19.1. The maximum Gasteiger partial charge on any atom is 0.341 e. The van der Waals surface area contributed by atoms with Crippen molar-refractivity contribution >= 4 is 17.4 Å². The van der Waals surface area contributed by atoms with Crippen molar-refractivity contribution in [1.82, 2.24) is 0 Å². The molecule has 2 rings (SSSR count). The van der Waals surface area contributed by atoms with Gasteiger partial charge in [0.1, 0.15) is 11.3 Å². The van der Waals surface area contributed by atoms with E-state index in [0.717, 1.165) is 0 Å². The van der Waals surface area contributed by atoms with Crippen molar-refractivity contribution in [2.75, 3.05) is 0 Å². The van der Waals surface area contributed by atoms with Gasteiger partial charge in [0, 0.05) is 5.56 Å². The first kappa shape index (κ1) is 14.5. The minimum Gasteiger partial charge on any atom is -0.512 e. The summed E-state index contributed by atoms with van der Waals surface area (Å²) in [4.78, 5) is 15.8. The second kappa shape index (κ2) is 6.52. The number of aliphatic hydroxyl groups excluding tert-OH is 1. The van der Waals surface area contributed by atoms with Crippen LogP contribution in [0.3, 0.4) is 0 Å². The summed E-state index contributed by atoms with van der Waals surface area (Å²) in [5.74, 6) is -1.49. The highest BCUT2D eigenvalue weighted by Crippen LogP contribution is 2.19. The van der Waals surface area contributed by atoms with E-state index in [1.54, 1.807) is 36.4 Å². The number of nitrogens with zero attached hydrogens (tertiary/aromatic N) is 1. The predicted octanol–water partition coefficient (Wildman–Crippen LogP) is 3.72. The molecule has 0 saturated carbocycles. The van der Waals surface area contributed by atoms with Gasteiger partial charge in [-0.1, -0.05) is 48.5 Å². The Labute approximate surface area is 122 Å². The van der Waals surface area contributed by atoms with Gasteiger partial charge < -0.3 is 10.2 Å². The Morgan fingerprint density at radius 3 is 1.90 bits per heavy atom. The minimum absolute atomic E-state index is 0.204. The number of hydrogen-bond acceptors (Lipinski definition) is 3. The molecule has 0 aliphatic carbocycles. The molecule has 0 aliphatic rings. The molecule has 21 heavy (non-hydrogen) atoms. The number of rotatable bonds is 4. The Bertz CT molecular complexity index is 684. The molecule has 0 saturated heterocycles. The molecular weight excluding hydrogens is 266 g/mol. The van der Waals surface area contributed by atoms with Crippen molar-refractivity contribution in [3.63, 3.8) is 0 Å². The number of hydrogen-bond donors (Lipinski definition) is 2. The number of aliphatic carboxylic acids is 1. The van der Waals surface area contributed by atoms with Crippen LogP contribution in [0.15, 0.2) is 77.0 Å². The van der Waals surface area contributed by atoms with E-state index in [1.165, 1.54) is 6.92 Å². The van der Waals surface area contributed by atoms with Crippen LogP contribution in [0.2, 0.25) is 0 Å². The van der Waals surface area contributed by atoms with Crippen LogP contribution in [0.1, 0.15) is 12.5 Å². The highest BCUT2D eigenvalue weighted by Gasteiger charge is 2.20. The van der Waals surface area contributed by atoms with Crippen LogP contribution in [0.25, 0.3) is 0 Å². The highest BCUT2D eigenvalue weighted by molar-refractivity contribution is 6.27. The first-order chi connectivity index (χ1) is 10.1. The molecule has 0 bridgehead atoms. The molecule has 0 amide bonds. The summed E-state index contributed by atoms with van der Waals surface area (Å²) in [5.41, 5.74) is 1.28. The van der Waals surface area contributed by atoms with E-state index in [2.05, 4.69) is 4.99 Å². The maximum absolute atomic E-state index is 11.4. The van der Waals surface area contributed by atoms with E-state index >= 15 is 0 Å². The second-order valence-corrected chi connectivity index (χ2v) is 4.43. The van der Waals surface area contributed by atoms with Crippen LogP contribution in [0, 0.1) is 0 Å². The van der Waals surface area contributed by atoms with E-state index in [4.69, 9.17) is 0 Å². The maximum atomic E-state index is 11.4. The lowest BCUT2D eigenvalue weighted by Crippen LogP contribution is -2.15. The number of aliphatic imine (C=N–C) groups is 1. The zero-order valence-corrected chi connectivity index (χ0v) is 11.5. The first-order valence-corrected chi connectivity index (χ1v) is 6.42. The Morgan fingerprint density at radius 1 is 0.905 bits per heavy atom. The summed E-state index contributed by atoms with van der Waals surface area (Å²) in [7, 11) is 0. The topological polar surface area (TPSA) is 69.9 Å². The number of aliphatic hydroxyl groups is 1. The molecule has 0 radical (unpaired) electrons. The van der Waals surface area contributed by atoms with Crippen LogP contribution in [0.4, 0.5) is 5.69 Å². The van der Waals surface area contributed by atoms with Crippen molar-refractivity contribution in [3.05, 3.63) is 77.6 Å². The van der Waals surface area contributed by atoms with Gasteiger partial charge in [-0.05, 0) is 19.1 Å². The second-order valence-electron chi connectivity index (χ2n) is 4.43. The highest BCUT2D eigenvalue weighted by atomic mass is 16.4. The van der Waals surface area contributed by atoms with E-state index in [1.807, 2.05) is 24.3 Å². The standard InChI is InChI=1S/C17H15NO3/c1-12(19)15(17(20)21)16(13-8-4-2-5-9-13)18-14-10-6-3-7-11-14/h2-11,19H,1H3,(H,20,21). The molecule has 0 fully saturated rings. The summed E-state index contributed by atoms with van der Waals surface area (Å²) in [6.45, 7) is 1.34. The SMILES string of the molecule is CC(O)=C(C(=O)O)C(=Nc1ccccc1)c1ccccc1. The molecule has 4 heteroatoms. The number of allylic oxidation sites excluding steroid dienone is 1. The third-order valence-corrected chi connectivity index (χ3v) is 2.86. The van der Waals surface area contributed by atoms with Gasteiger partial charge >= 0.3 is 5.97 Å². The molecule has 0 aromatic heterocycles. The molecule has 106 valence electrons. The van der Waals surface area contributed by atoms with Gasteiger partial charge in [0.2, 0.25) is 0 Å². The lowest BCUT2D eigenvalue weighted by atomic mass is 10.0. The molecular formula is C17H15NO3. The molecule has 2 aromatic rings. The van der Waals surface area contributed by atoms with E-state index in [0.29, 0.717) is 11.3 Å². The molecule has 0 aliphatic heterocycles. The van der Waals surface area contributed by atoms with Gasteiger partial charge in [-0.3, -0.25) is 0 Å². The molecule has 4 nitrogen and oxygen atoms in total. The van der Waals surface area contributed by atoms with Gasteiger partial charge in [0.15, 0.2) is 0 Å². The van der Waals surface area contributed by atoms with Gasteiger partial charge in [0.05, 0.1) is 11.4 Å². The molecule has 0 heterocycles. The molecule has 2 aromatic carbocycles. The van der Waals surface area contributed by atoms with Crippen molar-refractivity contribution in [1.29, 1.82) is 0 Å². The fraction of sp³-hybridized carbons (Fsp3) is 0.0588. The first-order valence-electron chi connectivity index (χ1n) is 6.42. The van der Waals surface area contributed by atoms with Gasteiger partial charge in [-0.15, -0.1) is 0 Å². The minimum atomic E-state index is -1.21. The van der Waals surface area contributed by atoms with Crippen LogP contribution in [-0.4, -0.2) is 21.9 Å². The largest absolute Gasteiger partial charge is 0.512 e. The third-order valence-electron chi connectivity index (χ3n) is 2.86. The lowest BCUT2D eigenvalue weighted by molar-refractivity contribution is -0.132. The van der Waals surface area contributed by atoms with E-state index < -0.39 is 5.97 Å². The Kier molecular flexibility index (Phi) is 4.51. The number of carboxylic acids is 1. The average molecular weight is 281 g/mol. The van der Waals surface area contributed by atoms with Gasteiger partial charge in [-0.2, -0.15) is 0 Å². The predicted molar refractivity (Wildman–Crippen MR) is 82.0 cm³/mol. The van der Waals surface area contributed by atoms with Gasteiger partial charge in [-0.25, -0.2) is 9.79 Å².